The first-order chi connectivity index (χ1) is 8.99. The zero-order chi connectivity index (χ0) is 13.9. The zero-order valence-corrected chi connectivity index (χ0v) is 15.8. The Morgan fingerprint density at radius 2 is 2.10 bits per heavy atom. The summed E-state index contributed by atoms with van der Waals surface area (Å²) in [6.45, 7) is 8.34. The minimum Gasteiger partial charge on any atom is -0.356 e. The summed E-state index contributed by atoms with van der Waals surface area (Å²) in [7, 11) is 1.81. The van der Waals surface area contributed by atoms with Crippen LogP contribution in [-0.4, -0.2) is 24.5 Å². The van der Waals surface area contributed by atoms with E-state index >= 15 is 0 Å². The van der Waals surface area contributed by atoms with Gasteiger partial charge in [0.25, 0.3) is 0 Å². The normalized spacial score (nSPS) is 15.7. The van der Waals surface area contributed by atoms with Crippen LogP contribution in [0.15, 0.2) is 10.4 Å². The van der Waals surface area contributed by atoms with E-state index in [0.29, 0.717) is 0 Å². The second kappa shape index (κ2) is 7.59. The highest BCUT2D eigenvalue weighted by molar-refractivity contribution is 14.0. The molecule has 0 unspecified atom stereocenters. The molecule has 0 radical (unpaired) electrons. The molecule has 114 valence electrons. The van der Waals surface area contributed by atoms with Crippen molar-refractivity contribution in [1.29, 1.82) is 0 Å². The molecule has 0 aromatic carbocycles. The summed E-state index contributed by atoms with van der Waals surface area (Å²) in [5, 5.41) is 9.94. The summed E-state index contributed by atoms with van der Waals surface area (Å²) in [6, 6.07) is 0. The van der Waals surface area contributed by atoms with Crippen LogP contribution >= 0.6 is 35.3 Å². The van der Waals surface area contributed by atoms with Crippen LogP contribution in [0.25, 0.3) is 0 Å². The molecular formula is C14H25IN4S. The molecule has 4 nitrogen and oxygen atoms in total. The number of nitrogens with zero attached hydrogens (tertiary/aromatic N) is 2. The van der Waals surface area contributed by atoms with E-state index in [0.717, 1.165) is 35.7 Å². The van der Waals surface area contributed by atoms with Crippen LogP contribution in [0, 0.1) is 5.92 Å². The van der Waals surface area contributed by atoms with Crippen LogP contribution in [0.3, 0.4) is 0 Å². The molecule has 1 aliphatic rings. The van der Waals surface area contributed by atoms with Crippen molar-refractivity contribution >= 4 is 41.3 Å². The lowest BCUT2D eigenvalue weighted by atomic mass is 9.93. The number of hydrogen-bond acceptors (Lipinski definition) is 3. The van der Waals surface area contributed by atoms with E-state index in [1.54, 1.807) is 11.3 Å². The van der Waals surface area contributed by atoms with Gasteiger partial charge in [-0.1, -0.05) is 20.8 Å². The lowest BCUT2D eigenvalue weighted by Crippen LogP contribution is -2.37. The molecule has 2 rings (SSSR count). The zero-order valence-electron chi connectivity index (χ0n) is 12.7. The van der Waals surface area contributed by atoms with Crippen molar-refractivity contribution in [1.82, 2.24) is 15.6 Å². The molecule has 0 spiro atoms. The summed E-state index contributed by atoms with van der Waals surface area (Å²) in [5.74, 6) is 1.73. The van der Waals surface area contributed by atoms with Gasteiger partial charge in [-0.25, -0.2) is 4.98 Å². The van der Waals surface area contributed by atoms with E-state index in [1.165, 1.54) is 12.8 Å². The highest BCUT2D eigenvalue weighted by Crippen LogP contribution is 2.27. The van der Waals surface area contributed by atoms with Gasteiger partial charge in [-0.05, 0) is 18.8 Å². The van der Waals surface area contributed by atoms with Gasteiger partial charge in [0.1, 0.15) is 5.01 Å². The first-order valence-corrected chi connectivity index (χ1v) is 7.76. The Kier molecular flexibility index (Phi) is 6.71. The molecule has 20 heavy (non-hydrogen) atoms. The minimum absolute atomic E-state index is 0. The third-order valence-corrected chi connectivity index (χ3v) is 4.05. The van der Waals surface area contributed by atoms with Crippen LogP contribution < -0.4 is 10.6 Å². The lowest BCUT2D eigenvalue weighted by Gasteiger charge is -2.14. The van der Waals surface area contributed by atoms with Crippen LogP contribution in [0.2, 0.25) is 0 Å². The fraction of sp³-hybridized carbons (Fsp3) is 0.714. The summed E-state index contributed by atoms with van der Waals surface area (Å²) < 4.78 is 0. The molecule has 0 aliphatic heterocycles. The predicted octanol–water partition coefficient (Wildman–Crippen LogP) is 3.13. The van der Waals surface area contributed by atoms with Gasteiger partial charge in [0, 0.05) is 24.4 Å². The molecule has 1 aliphatic carbocycles. The lowest BCUT2D eigenvalue weighted by molar-refractivity contribution is 0.570. The molecule has 0 atom stereocenters. The van der Waals surface area contributed by atoms with Crippen LogP contribution in [-0.2, 0) is 12.0 Å². The highest BCUT2D eigenvalue weighted by Gasteiger charge is 2.21. The maximum Gasteiger partial charge on any atom is 0.191 e. The second-order valence-electron chi connectivity index (χ2n) is 6.13. The van der Waals surface area contributed by atoms with Gasteiger partial charge in [-0.3, -0.25) is 4.99 Å². The molecule has 1 aromatic heterocycles. The van der Waals surface area contributed by atoms with Gasteiger partial charge in [0.15, 0.2) is 5.96 Å². The average molecular weight is 408 g/mol. The van der Waals surface area contributed by atoms with Gasteiger partial charge >= 0.3 is 0 Å². The monoisotopic (exact) mass is 408 g/mol. The van der Waals surface area contributed by atoms with Gasteiger partial charge in [0.05, 0.1) is 12.2 Å². The number of nitrogens with one attached hydrogen (secondary N) is 2. The molecule has 0 amide bonds. The van der Waals surface area contributed by atoms with Gasteiger partial charge in [0.2, 0.25) is 0 Å². The van der Waals surface area contributed by atoms with Crippen molar-refractivity contribution < 1.29 is 0 Å². The largest absolute Gasteiger partial charge is 0.356 e. The second-order valence-corrected chi connectivity index (χ2v) is 7.07. The van der Waals surface area contributed by atoms with E-state index in [1.807, 2.05) is 7.05 Å². The number of aliphatic imine (C=N–C) groups is 1. The topological polar surface area (TPSA) is 49.3 Å². The quantitative estimate of drug-likeness (QED) is 0.457. The highest BCUT2D eigenvalue weighted by atomic mass is 127. The minimum atomic E-state index is 0. The van der Waals surface area contributed by atoms with Crippen LogP contribution in [0.5, 0.6) is 0 Å². The number of hydrogen-bond donors (Lipinski definition) is 2. The smallest absolute Gasteiger partial charge is 0.191 e. The number of guanidine groups is 1. The maximum absolute atomic E-state index is 4.67. The van der Waals surface area contributed by atoms with Crippen molar-refractivity contribution in [2.45, 2.75) is 45.6 Å². The van der Waals surface area contributed by atoms with E-state index in [4.69, 9.17) is 0 Å². The van der Waals surface area contributed by atoms with Crippen LogP contribution in [0.1, 0.15) is 44.3 Å². The Morgan fingerprint density at radius 1 is 1.40 bits per heavy atom. The van der Waals surface area contributed by atoms with E-state index in [2.05, 4.69) is 46.8 Å². The summed E-state index contributed by atoms with van der Waals surface area (Å²) in [6.07, 6.45) is 2.71. The molecule has 1 saturated carbocycles. The molecular weight excluding hydrogens is 383 g/mol. The third kappa shape index (κ3) is 5.55. The third-order valence-electron chi connectivity index (χ3n) is 3.21. The molecule has 0 saturated heterocycles. The number of aromatic nitrogens is 1. The Balaban J connectivity index is 0.00000200. The van der Waals surface area contributed by atoms with Gasteiger partial charge in [-0.2, -0.15) is 0 Å². The van der Waals surface area contributed by atoms with Crippen molar-refractivity contribution in [2.75, 3.05) is 13.6 Å². The van der Waals surface area contributed by atoms with Crippen molar-refractivity contribution in [2.24, 2.45) is 10.9 Å². The van der Waals surface area contributed by atoms with Crippen molar-refractivity contribution in [3.8, 4) is 0 Å². The number of thiazole rings is 1. The Hall–Kier alpha value is -0.370. The summed E-state index contributed by atoms with van der Waals surface area (Å²) in [4.78, 5) is 8.90. The van der Waals surface area contributed by atoms with E-state index < -0.39 is 0 Å². The number of halogens is 1. The predicted molar refractivity (Wildman–Crippen MR) is 97.2 cm³/mol. The summed E-state index contributed by atoms with van der Waals surface area (Å²) in [5.41, 5.74) is 1.29. The fourth-order valence-corrected chi connectivity index (χ4v) is 2.64. The van der Waals surface area contributed by atoms with E-state index in [9.17, 15) is 0 Å². The molecule has 1 fully saturated rings. The number of rotatable bonds is 4. The van der Waals surface area contributed by atoms with Crippen molar-refractivity contribution in [3.63, 3.8) is 0 Å². The van der Waals surface area contributed by atoms with E-state index in [-0.39, 0.29) is 29.4 Å². The molecule has 0 bridgehead atoms. The summed E-state index contributed by atoms with van der Waals surface area (Å²) >= 11 is 1.71. The standard InChI is InChI=1S/C14H24N4S.HI/c1-14(2,3)11-9-19-12(18-11)8-17-13(15-4)16-7-10-5-6-10;/h9-10H,5-8H2,1-4H3,(H2,15,16,17);1H. The first-order valence-electron chi connectivity index (χ1n) is 6.88. The van der Waals surface area contributed by atoms with Crippen LogP contribution in [0.4, 0.5) is 0 Å². The van der Waals surface area contributed by atoms with Gasteiger partial charge < -0.3 is 10.6 Å². The molecule has 1 aromatic rings. The average Bonchev–Trinajstić information content (AvgIpc) is 3.04. The molecule has 1 heterocycles. The molecule has 2 N–H and O–H groups in total. The Labute approximate surface area is 142 Å². The molecule has 6 heteroatoms. The first kappa shape index (κ1) is 17.7. The van der Waals surface area contributed by atoms with Crippen molar-refractivity contribution in [3.05, 3.63) is 16.1 Å². The SMILES string of the molecule is CN=C(NCc1nc(C(C)(C)C)cs1)NCC1CC1.I. The van der Waals surface area contributed by atoms with Gasteiger partial charge in [-0.15, -0.1) is 35.3 Å². The Morgan fingerprint density at radius 3 is 2.60 bits per heavy atom. The maximum atomic E-state index is 4.67. The Bertz CT molecular complexity index is 446. The fourth-order valence-electron chi connectivity index (χ4n) is 1.68.